The molecule has 4 rings (SSSR count). The number of aromatic nitrogens is 3. The molecule has 8 heteroatoms. The molecule has 1 amide bonds. The van der Waals surface area contributed by atoms with E-state index in [0.717, 1.165) is 35.3 Å². The molecule has 2 aromatic rings. The lowest BCUT2D eigenvalue weighted by molar-refractivity contribution is -0.127. The van der Waals surface area contributed by atoms with Gasteiger partial charge in [-0.3, -0.25) is 4.79 Å². The molecule has 0 radical (unpaired) electrons. The van der Waals surface area contributed by atoms with Gasteiger partial charge in [0.05, 0.1) is 17.9 Å². The van der Waals surface area contributed by atoms with Crippen molar-refractivity contribution in [3.05, 3.63) is 43.3 Å². The molecule has 27 heavy (non-hydrogen) atoms. The van der Waals surface area contributed by atoms with Crippen molar-refractivity contribution in [1.82, 2.24) is 25.2 Å². The molecule has 0 unspecified atom stereocenters. The third kappa shape index (κ3) is 3.75. The number of likely N-dealkylation sites (tertiary alicyclic amines) is 1. The highest BCUT2D eigenvalue weighted by Crippen LogP contribution is 2.34. The van der Waals surface area contributed by atoms with E-state index in [4.69, 9.17) is 9.73 Å². The standard InChI is InChI=1S/C19H22N6O2/c1-2-18(26)25-5-3-14(4-6-25)27-17-11-20-10-16-19(24-17)15(9-23-16)13-7-21-12-22-8-13/h2,7-9,12,14,20,23H,1,3-6,10-11H2. The smallest absolute Gasteiger partial charge is 0.245 e. The second-order valence-electron chi connectivity index (χ2n) is 6.61. The molecule has 2 aromatic heterocycles. The van der Waals surface area contributed by atoms with Gasteiger partial charge < -0.3 is 19.9 Å². The second-order valence-corrected chi connectivity index (χ2v) is 6.61. The fourth-order valence-electron chi connectivity index (χ4n) is 3.42. The zero-order valence-electron chi connectivity index (χ0n) is 15.0. The average Bonchev–Trinajstić information content (AvgIpc) is 3.00. The molecule has 0 aromatic carbocycles. The number of nitrogens with zero attached hydrogens (tertiary/aromatic N) is 4. The quantitative estimate of drug-likeness (QED) is 0.808. The van der Waals surface area contributed by atoms with Crippen molar-refractivity contribution in [3.8, 4) is 11.1 Å². The van der Waals surface area contributed by atoms with Crippen molar-refractivity contribution in [2.75, 3.05) is 19.6 Å². The monoisotopic (exact) mass is 366 g/mol. The predicted octanol–water partition coefficient (Wildman–Crippen LogP) is 1.80. The number of amides is 1. The first-order valence-corrected chi connectivity index (χ1v) is 9.06. The Morgan fingerprint density at radius 3 is 2.78 bits per heavy atom. The molecule has 140 valence electrons. The minimum atomic E-state index is -0.0198. The number of rotatable bonds is 3. The van der Waals surface area contributed by atoms with E-state index < -0.39 is 0 Å². The van der Waals surface area contributed by atoms with Gasteiger partial charge in [-0.2, -0.15) is 0 Å². The lowest BCUT2D eigenvalue weighted by atomic mass is 10.1. The van der Waals surface area contributed by atoms with Gasteiger partial charge in [0.1, 0.15) is 12.4 Å². The maximum absolute atomic E-state index is 11.7. The van der Waals surface area contributed by atoms with Crippen LogP contribution in [-0.2, 0) is 16.1 Å². The van der Waals surface area contributed by atoms with Gasteiger partial charge in [0.15, 0.2) is 0 Å². The maximum atomic E-state index is 11.7. The predicted molar refractivity (Wildman–Crippen MR) is 102 cm³/mol. The van der Waals surface area contributed by atoms with Crippen molar-refractivity contribution in [2.45, 2.75) is 25.5 Å². The van der Waals surface area contributed by atoms with E-state index in [9.17, 15) is 4.79 Å². The minimum absolute atomic E-state index is 0.0198. The molecule has 2 aliphatic heterocycles. The largest absolute Gasteiger partial charge is 0.476 e. The van der Waals surface area contributed by atoms with Crippen LogP contribution in [0.25, 0.3) is 11.1 Å². The van der Waals surface area contributed by atoms with Crippen LogP contribution >= 0.6 is 0 Å². The number of piperidine rings is 1. The first kappa shape index (κ1) is 17.4. The van der Waals surface area contributed by atoms with Crippen LogP contribution in [0, 0.1) is 0 Å². The number of nitrogens with one attached hydrogen (secondary N) is 2. The molecule has 0 spiro atoms. The Hall–Kier alpha value is -3.00. The van der Waals surface area contributed by atoms with Crippen LogP contribution in [-0.4, -0.2) is 57.4 Å². The number of fused-ring (bicyclic) bond motifs is 1. The first-order chi connectivity index (χ1) is 13.2. The fraction of sp³-hybridized carbons (Fsp3) is 0.368. The molecule has 0 atom stereocenters. The summed E-state index contributed by atoms with van der Waals surface area (Å²) in [4.78, 5) is 29.8. The average molecular weight is 366 g/mol. The summed E-state index contributed by atoms with van der Waals surface area (Å²) in [5.41, 5.74) is 3.75. The van der Waals surface area contributed by atoms with Crippen molar-refractivity contribution in [2.24, 2.45) is 4.99 Å². The molecule has 2 N–H and O–H groups in total. The molecule has 0 aliphatic carbocycles. The third-order valence-corrected chi connectivity index (χ3v) is 4.85. The molecule has 0 saturated carbocycles. The topological polar surface area (TPSA) is 95.5 Å². The van der Waals surface area contributed by atoms with Crippen LogP contribution in [0.4, 0.5) is 5.69 Å². The molecule has 1 saturated heterocycles. The highest BCUT2D eigenvalue weighted by molar-refractivity contribution is 5.88. The van der Waals surface area contributed by atoms with Gasteiger partial charge >= 0.3 is 0 Å². The summed E-state index contributed by atoms with van der Waals surface area (Å²) in [5, 5.41) is 3.35. The Kier molecular flexibility index (Phi) is 4.97. The summed E-state index contributed by atoms with van der Waals surface area (Å²) in [6.07, 6.45) is 9.99. The van der Waals surface area contributed by atoms with Crippen LogP contribution in [0.5, 0.6) is 0 Å². The van der Waals surface area contributed by atoms with Crippen molar-refractivity contribution in [1.29, 1.82) is 0 Å². The molecule has 1 fully saturated rings. The Balaban J connectivity index is 1.50. The van der Waals surface area contributed by atoms with Gasteiger partial charge in [-0.1, -0.05) is 6.58 Å². The molecule has 8 nitrogen and oxygen atoms in total. The van der Waals surface area contributed by atoms with Gasteiger partial charge in [-0.15, -0.1) is 0 Å². The van der Waals surface area contributed by atoms with Gasteiger partial charge in [0.2, 0.25) is 11.8 Å². The minimum Gasteiger partial charge on any atom is -0.476 e. The summed E-state index contributed by atoms with van der Waals surface area (Å²) in [5.74, 6) is 0.647. The van der Waals surface area contributed by atoms with Gasteiger partial charge in [-0.05, 0) is 6.08 Å². The highest BCUT2D eigenvalue weighted by Gasteiger charge is 2.25. The zero-order valence-corrected chi connectivity index (χ0v) is 15.0. The van der Waals surface area contributed by atoms with Crippen molar-refractivity contribution < 1.29 is 9.53 Å². The van der Waals surface area contributed by atoms with Crippen molar-refractivity contribution in [3.63, 3.8) is 0 Å². The zero-order chi connectivity index (χ0) is 18.6. The van der Waals surface area contributed by atoms with Gasteiger partial charge in [-0.25, -0.2) is 15.0 Å². The summed E-state index contributed by atoms with van der Waals surface area (Å²) in [7, 11) is 0. The first-order valence-electron chi connectivity index (χ1n) is 9.06. The summed E-state index contributed by atoms with van der Waals surface area (Å²) < 4.78 is 6.17. The Morgan fingerprint density at radius 1 is 1.26 bits per heavy atom. The van der Waals surface area contributed by atoms with Crippen LogP contribution in [0.2, 0.25) is 0 Å². The van der Waals surface area contributed by atoms with Gasteiger partial charge in [0.25, 0.3) is 0 Å². The maximum Gasteiger partial charge on any atom is 0.245 e. The molecular weight excluding hydrogens is 344 g/mol. The van der Waals surface area contributed by atoms with E-state index in [1.165, 1.54) is 12.4 Å². The van der Waals surface area contributed by atoms with Crippen LogP contribution in [0.3, 0.4) is 0 Å². The summed E-state index contributed by atoms with van der Waals surface area (Å²) in [6, 6.07) is 0. The van der Waals surface area contributed by atoms with Crippen LogP contribution in [0.1, 0.15) is 18.5 Å². The number of aromatic amines is 1. The summed E-state index contributed by atoms with van der Waals surface area (Å²) >= 11 is 0. The number of H-pyrrole nitrogens is 1. The molecule has 2 aliphatic rings. The Morgan fingerprint density at radius 2 is 2.04 bits per heavy atom. The van der Waals surface area contributed by atoms with Gasteiger partial charge in [0, 0.05) is 62.2 Å². The van der Waals surface area contributed by atoms with E-state index >= 15 is 0 Å². The van der Waals surface area contributed by atoms with Crippen LogP contribution < -0.4 is 5.32 Å². The number of carbonyl (C=O) groups is 1. The van der Waals surface area contributed by atoms with Crippen LogP contribution in [0.15, 0.2) is 42.6 Å². The fourth-order valence-corrected chi connectivity index (χ4v) is 3.42. The van der Waals surface area contributed by atoms with Crippen molar-refractivity contribution >= 4 is 17.5 Å². The second kappa shape index (κ2) is 7.71. The normalized spacial score (nSPS) is 17.6. The van der Waals surface area contributed by atoms with E-state index in [1.54, 1.807) is 17.3 Å². The lowest BCUT2D eigenvalue weighted by Gasteiger charge is -2.31. The number of hydrogen-bond donors (Lipinski definition) is 2. The Bertz CT molecular complexity index is 852. The number of aliphatic imine (C=N–C) groups is 1. The molecule has 4 heterocycles. The Labute approximate surface area is 157 Å². The van der Waals surface area contributed by atoms with E-state index in [2.05, 4.69) is 26.8 Å². The van der Waals surface area contributed by atoms with E-state index in [-0.39, 0.29) is 12.0 Å². The number of ether oxygens (including phenoxy) is 1. The molecular formula is C19H22N6O2. The number of hydrogen-bond acceptors (Lipinski definition) is 6. The third-order valence-electron chi connectivity index (χ3n) is 4.85. The lowest BCUT2D eigenvalue weighted by Crippen LogP contribution is -2.41. The number of carbonyl (C=O) groups excluding carboxylic acids is 1. The molecule has 0 bridgehead atoms. The van der Waals surface area contributed by atoms with E-state index in [0.29, 0.717) is 32.1 Å². The highest BCUT2D eigenvalue weighted by atomic mass is 16.5. The summed E-state index contributed by atoms with van der Waals surface area (Å²) in [6.45, 7) is 6.16. The van der Waals surface area contributed by atoms with E-state index in [1.807, 2.05) is 6.20 Å². The SMILES string of the molecule is C=CC(=O)N1CCC(OC2=Nc3c(-c4cncnc4)c[nH]c3CNC2)CC1.